The second-order valence-corrected chi connectivity index (χ2v) is 19.0. The molecule has 4 heterocycles. The molecule has 392 valence electrons. The summed E-state index contributed by atoms with van der Waals surface area (Å²) in [6, 6.07) is 14.7. The van der Waals surface area contributed by atoms with Crippen LogP contribution in [0.1, 0.15) is 68.6 Å². The molecule has 22 heteroatoms. The highest BCUT2D eigenvalue weighted by Gasteiger charge is 2.45. The number of nitrogens with zero attached hydrogens (tertiary/aromatic N) is 3. The predicted octanol–water partition coefficient (Wildman–Crippen LogP) is -0.951. The van der Waals surface area contributed by atoms with E-state index < -0.39 is 108 Å². The Hall–Kier alpha value is -8.30. The average molecular weight is 1020 g/mol. The van der Waals surface area contributed by atoms with Gasteiger partial charge >= 0.3 is 0 Å². The third kappa shape index (κ3) is 13.8. The molecule has 3 saturated heterocycles. The van der Waals surface area contributed by atoms with Crippen LogP contribution in [0.5, 0.6) is 0 Å². The van der Waals surface area contributed by atoms with E-state index in [9.17, 15) is 43.2 Å². The molecule has 3 aromatic carbocycles. The highest BCUT2D eigenvalue weighted by atomic mass is 16.2. The van der Waals surface area contributed by atoms with Crippen molar-refractivity contribution in [3.63, 3.8) is 0 Å². The quantitative estimate of drug-likeness (QED) is 0.0469. The average Bonchev–Trinajstić information content (AvgIpc) is 4.17. The van der Waals surface area contributed by atoms with Crippen LogP contribution >= 0.6 is 0 Å². The molecule has 0 unspecified atom stereocenters. The number of nitrogens with two attached hydrogens (primary N) is 3. The molecular formula is C52H65N13O9. The number of primary amides is 1. The topological polar surface area (TPSA) is 338 Å². The van der Waals surface area contributed by atoms with E-state index in [-0.39, 0.29) is 70.5 Å². The lowest BCUT2D eigenvalue weighted by atomic mass is 10.0. The molecule has 4 aromatic rings. The number of benzene rings is 3. The highest BCUT2D eigenvalue weighted by Crippen LogP contribution is 2.27. The fourth-order valence-electron chi connectivity index (χ4n) is 9.76. The van der Waals surface area contributed by atoms with Gasteiger partial charge in [-0.05, 0) is 68.2 Å². The van der Waals surface area contributed by atoms with Crippen LogP contribution in [0.25, 0.3) is 10.9 Å². The smallest absolute Gasteiger partial charge is 0.246 e. The summed E-state index contributed by atoms with van der Waals surface area (Å²) in [7, 11) is 0. The van der Waals surface area contributed by atoms with Crippen LogP contribution in [0.3, 0.4) is 0 Å². The summed E-state index contributed by atoms with van der Waals surface area (Å²) in [4.78, 5) is 138. The van der Waals surface area contributed by atoms with Gasteiger partial charge in [0.05, 0.1) is 6.42 Å². The molecule has 3 fully saturated rings. The zero-order valence-electron chi connectivity index (χ0n) is 41.2. The van der Waals surface area contributed by atoms with Gasteiger partial charge in [0.2, 0.25) is 53.2 Å². The number of guanidine groups is 1. The van der Waals surface area contributed by atoms with Crippen LogP contribution in [-0.2, 0) is 62.4 Å². The number of hydrogen-bond donors (Lipinski definition) is 10. The van der Waals surface area contributed by atoms with Gasteiger partial charge in [-0.1, -0.05) is 78.9 Å². The second kappa shape index (κ2) is 24.9. The fourth-order valence-corrected chi connectivity index (χ4v) is 9.76. The number of rotatable bonds is 12. The Morgan fingerprint density at radius 1 is 0.568 bits per heavy atom. The molecule has 7 rings (SSSR count). The summed E-state index contributed by atoms with van der Waals surface area (Å²) >= 11 is 0. The van der Waals surface area contributed by atoms with Crippen LogP contribution in [0.15, 0.2) is 96.1 Å². The Kier molecular flexibility index (Phi) is 18.0. The number of hydrogen-bond acceptors (Lipinski definition) is 10. The SMILES string of the molecule is C[C@@H]1NC(=O)[C@H](CC(N)=O)NC(=O)[C@H](Cc2c[nH]c3ccccc23)NC(=O)[C@H](CCCN=C(N)N)NC(=O)[C@@H](Cc2ccccc2)NC(=O)[C@@H]2CCCN2C(=O)[C@H]2CCCN2C(=O)[C@H](Cc2ccccc2)NC1=O. The maximum Gasteiger partial charge on any atom is 0.246 e. The first-order chi connectivity index (χ1) is 35.6. The third-order valence-electron chi connectivity index (χ3n) is 13.6. The molecule has 1 aromatic heterocycles. The summed E-state index contributed by atoms with van der Waals surface area (Å²) in [6.45, 7) is 1.81. The monoisotopic (exact) mass is 1020 g/mol. The van der Waals surface area contributed by atoms with E-state index in [1.807, 2.05) is 18.2 Å². The number of aliphatic imine (C=N–C) groups is 1. The van der Waals surface area contributed by atoms with E-state index in [0.717, 1.165) is 10.9 Å². The number of fused-ring (bicyclic) bond motifs is 3. The first kappa shape index (κ1) is 53.5. The van der Waals surface area contributed by atoms with Crippen molar-refractivity contribution >= 4 is 70.0 Å². The molecule has 3 aliphatic heterocycles. The van der Waals surface area contributed by atoms with Gasteiger partial charge in [0.15, 0.2) is 5.96 Å². The van der Waals surface area contributed by atoms with E-state index >= 15 is 0 Å². The van der Waals surface area contributed by atoms with Gasteiger partial charge in [-0.15, -0.1) is 0 Å². The van der Waals surface area contributed by atoms with Crippen molar-refractivity contribution in [1.82, 2.24) is 46.7 Å². The first-order valence-corrected chi connectivity index (χ1v) is 25.0. The van der Waals surface area contributed by atoms with E-state index in [2.05, 4.69) is 41.9 Å². The van der Waals surface area contributed by atoms with Crippen LogP contribution < -0.4 is 49.1 Å². The molecule has 0 spiro atoms. The minimum Gasteiger partial charge on any atom is -0.370 e. The zero-order valence-corrected chi connectivity index (χ0v) is 41.2. The highest BCUT2D eigenvalue weighted by molar-refractivity contribution is 6.00. The minimum absolute atomic E-state index is 0.0180. The van der Waals surface area contributed by atoms with Crippen LogP contribution in [0.2, 0.25) is 0 Å². The van der Waals surface area contributed by atoms with Gasteiger partial charge in [0, 0.05) is 56.0 Å². The number of carbonyl (C=O) groups is 9. The molecule has 0 radical (unpaired) electrons. The lowest BCUT2D eigenvalue weighted by molar-refractivity contribution is -0.148. The standard InChI is InChI=1S/C52H65N13O9/c1-30-44(67)63-40(26-32-15-6-3-7-16-32)50(73)65-24-12-21-42(65)51(74)64-23-11-20-41(64)49(72)62-37(25-31-13-4-2-5-14-31)47(70)59-36(19-10-22-56-52(54)55)45(68)60-38(27-33-29-57-35-18-9-8-17-34(33)35)48(71)61-39(28-43(53)66)46(69)58-30/h2-9,13-18,29-30,36-42,57H,10-12,19-28H2,1H3,(H2,53,66)(H,58,69)(H,59,70)(H,60,68)(H,61,71)(H,62,72)(H,63,67)(H4,54,55,56)/t30-,36-,37+,38-,39-,40-,41-,42+/m0/s1. The lowest BCUT2D eigenvalue weighted by Gasteiger charge is -2.34. The molecule has 3 aliphatic rings. The number of para-hydroxylation sites is 1. The van der Waals surface area contributed by atoms with E-state index in [0.29, 0.717) is 29.5 Å². The molecule has 9 amide bonds. The van der Waals surface area contributed by atoms with Crippen molar-refractivity contribution in [2.75, 3.05) is 19.6 Å². The Bertz CT molecular complexity index is 2730. The zero-order chi connectivity index (χ0) is 52.9. The molecular weight excluding hydrogens is 951 g/mol. The maximum absolute atomic E-state index is 14.7. The number of carbonyl (C=O) groups excluding carboxylic acids is 9. The second-order valence-electron chi connectivity index (χ2n) is 19.0. The molecule has 13 N–H and O–H groups in total. The van der Waals surface area contributed by atoms with Gasteiger partial charge in [-0.3, -0.25) is 48.1 Å². The summed E-state index contributed by atoms with van der Waals surface area (Å²) in [5, 5.41) is 17.0. The van der Waals surface area contributed by atoms with Crippen LogP contribution in [-0.4, -0.2) is 142 Å². The van der Waals surface area contributed by atoms with Gasteiger partial charge < -0.3 is 63.9 Å². The molecule has 22 nitrogen and oxygen atoms in total. The molecule has 8 atom stereocenters. The van der Waals surface area contributed by atoms with Crippen LogP contribution in [0.4, 0.5) is 0 Å². The maximum atomic E-state index is 14.7. The molecule has 0 saturated carbocycles. The Morgan fingerprint density at radius 2 is 1.08 bits per heavy atom. The number of aromatic amines is 1. The largest absolute Gasteiger partial charge is 0.370 e. The van der Waals surface area contributed by atoms with Crippen molar-refractivity contribution in [1.29, 1.82) is 0 Å². The van der Waals surface area contributed by atoms with Crippen molar-refractivity contribution in [3.05, 3.63) is 108 Å². The Morgan fingerprint density at radius 3 is 1.73 bits per heavy atom. The van der Waals surface area contributed by atoms with E-state index in [1.54, 1.807) is 72.9 Å². The minimum atomic E-state index is -1.66. The normalized spacial score (nSPS) is 24.8. The summed E-state index contributed by atoms with van der Waals surface area (Å²) < 4.78 is 0. The van der Waals surface area contributed by atoms with Gasteiger partial charge in [-0.2, -0.15) is 0 Å². The summed E-state index contributed by atoms with van der Waals surface area (Å²) in [6.07, 6.45) is 2.38. The van der Waals surface area contributed by atoms with Crippen LogP contribution in [0, 0.1) is 0 Å². The van der Waals surface area contributed by atoms with Gasteiger partial charge in [-0.25, -0.2) is 0 Å². The molecule has 0 aliphatic carbocycles. The van der Waals surface area contributed by atoms with Crippen molar-refractivity contribution in [2.24, 2.45) is 22.2 Å². The number of amides is 9. The third-order valence-corrected chi connectivity index (χ3v) is 13.6. The predicted molar refractivity (Wildman–Crippen MR) is 273 cm³/mol. The lowest BCUT2D eigenvalue weighted by Crippen LogP contribution is -2.61. The molecule has 74 heavy (non-hydrogen) atoms. The number of aromatic nitrogens is 1. The van der Waals surface area contributed by atoms with Crippen molar-refractivity contribution < 1.29 is 43.2 Å². The summed E-state index contributed by atoms with van der Waals surface area (Å²) in [5.74, 6) is -7.05. The molecule has 0 bridgehead atoms. The first-order valence-electron chi connectivity index (χ1n) is 25.0. The van der Waals surface area contributed by atoms with E-state index in [1.165, 1.54) is 16.7 Å². The summed E-state index contributed by atoms with van der Waals surface area (Å²) in [5.41, 5.74) is 19.5. The van der Waals surface area contributed by atoms with E-state index in [4.69, 9.17) is 17.2 Å². The number of H-pyrrole nitrogens is 1. The fraction of sp³-hybridized carbons (Fsp3) is 0.423. The van der Waals surface area contributed by atoms with Crippen molar-refractivity contribution in [2.45, 2.75) is 119 Å². The number of nitrogens with one attached hydrogen (secondary N) is 7. The van der Waals surface area contributed by atoms with Gasteiger partial charge in [0.1, 0.15) is 48.3 Å². The van der Waals surface area contributed by atoms with Crippen molar-refractivity contribution in [3.8, 4) is 0 Å². The Balaban J connectivity index is 1.27. The van der Waals surface area contributed by atoms with Gasteiger partial charge in [0.25, 0.3) is 0 Å². The Labute approximate surface area is 427 Å².